The van der Waals surface area contributed by atoms with Gasteiger partial charge in [0.1, 0.15) is 11.3 Å². The Hall–Kier alpha value is -2.82. The van der Waals surface area contributed by atoms with Crippen LogP contribution in [-0.2, 0) is 0 Å². The molecule has 0 aliphatic carbocycles. The Morgan fingerprint density at radius 1 is 1.04 bits per heavy atom. The number of piperazine rings is 1. The van der Waals surface area contributed by atoms with Crippen molar-refractivity contribution in [1.29, 1.82) is 0 Å². The highest BCUT2D eigenvalue weighted by Gasteiger charge is 2.24. The van der Waals surface area contributed by atoms with Crippen molar-refractivity contribution in [2.24, 2.45) is 0 Å². The Morgan fingerprint density at radius 3 is 2.60 bits per heavy atom. The molecule has 1 fully saturated rings. The van der Waals surface area contributed by atoms with E-state index in [4.69, 9.17) is 0 Å². The van der Waals surface area contributed by atoms with Gasteiger partial charge in [-0.1, -0.05) is 18.2 Å². The van der Waals surface area contributed by atoms with E-state index in [1.807, 2.05) is 39.9 Å². The second-order valence-corrected chi connectivity index (χ2v) is 6.66. The third kappa shape index (κ3) is 2.97. The summed E-state index contributed by atoms with van der Waals surface area (Å²) in [6, 6.07) is 12.3. The SMILES string of the molecule is Cc1ccc(C)c(N2CCN(C(=O)c3cn4ccccc4n3)CC2)c1. The molecule has 5 heteroatoms. The van der Waals surface area contributed by atoms with Crippen LogP contribution in [0.3, 0.4) is 0 Å². The Balaban J connectivity index is 1.47. The number of aromatic nitrogens is 2. The monoisotopic (exact) mass is 334 g/mol. The Bertz CT molecular complexity index is 889. The molecule has 0 spiro atoms. The number of carbonyl (C=O) groups excluding carboxylic acids is 1. The first-order chi connectivity index (χ1) is 12.1. The summed E-state index contributed by atoms with van der Waals surface area (Å²) >= 11 is 0. The van der Waals surface area contributed by atoms with E-state index in [9.17, 15) is 4.79 Å². The lowest BCUT2D eigenvalue weighted by atomic mass is 10.1. The van der Waals surface area contributed by atoms with Crippen molar-refractivity contribution in [1.82, 2.24) is 14.3 Å². The zero-order valence-corrected chi connectivity index (χ0v) is 14.6. The summed E-state index contributed by atoms with van der Waals surface area (Å²) in [5.74, 6) is 0.0179. The Morgan fingerprint density at radius 2 is 1.84 bits per heavy atom. The predicted octanol–water partition coefficient (Wildman–Crippen LogP) is 2.91. The molecule has 0 atom stereocenters. The van der Waals surface area contributed by atoms with Gasteiger partial charge in [0.2, 0.25) is 0 Å². The largest absolute Gasteiger partial charge is 0.368 e. The van der Waals surface area contributed by atoms with Gasteiger partial charge in [0, 0.05) is 44.3 Å². The number of hydrogen-bond donors (Lipinski definition) is 0. The molecule has 0 saturated carbocycles. The minimum Gasteiger partial charge on any atom is -0.368 e. The average molecular weight is 334 g/mol. The lowest BCUT2D eigenvalue weighted by Gasteiger charge is -2.36. The number of pyridine rings is 1. The maximum absolute atomic E-state index is 12.8. The van der Waals surface area contributed by atoms with Crippen LogP contribution < -0.4 is 4.90 Å². The van der Waals surface area contributed by atoms with Gasteiger partial charge in [0.25, 0.3) is 5.91 Å². The maximum atomic E-state index is 12.8. The molecule has 3 heterocycles. The van der Waals surface area contributed by atoms with Gasteiger partial charge >= 0.3 is 0 Å². The van der Waals surface area contributed by atoms with Crippen LogP contribution >= 0.6 is 0 Å². The smallest absolute Gasteiger partial charge is 0.274 e. The van der Waals surface area contributed by atoms with Crippen LogP contribution in [0.1, 0.15) is 21.6 Å². The molecule has 128 valence electrons. The van der Waals surface area contributed by atoms with Crippen LogP contribution in [0.2, 0.25) is 0 Å². The molecular weight excluding hydrogens is 312 g/mol. The highest BCUT2D eigenvalue weighted by Crippen LogP contribution is 2.23. The molecule has 1 aliphatic rings. The number of hydrogen-bond acceptors (Lipinski definition) is 3. The van der Waals surface area contributed by atoms with E-state index in [1.165, 1.54) is 16.8 Å². The first-order valence-corrected chi connectivity index (χ1v) is 8.67. The summed E-state index contributed by atoms with van der Waals surface area (Å²) < 4.78 is 1.89. The van der Waals surface area contributed by atoms with Crippen molar-refractivity contribution in [3.8, 4) is 0 Å². The molecule has 1 aliphatic heterocycles. The molecule has 5 nitrogen and oxygen atoms in total. The van der Waals surface area contributed by atoms with Gasteiger partial charge < -0.3 is 14.2 Å². The van der Waals surface area contributed by atoms with E-state index in [-0.39, 0.29) is 5.91 Å². The van der Waals surface area contributed by atoms with E-state index in [0.717, 1.165) is 31.8 Å². The lowest BCUT2D eigenvalue weighted by molar-refractivity contribution is 0.0741. The molecule has 1 aromatic carbocycles. The fourth-order valence-corrected chi connectivity index (χ4v) is 3.41. The molecule has 4 rings (SSSR count). The van der Waals surface area contributed by atoms with Gasteiger partial charge in [0.15, 0.2) is 0 Å². The van der Waals surface area contributed by atoms with E-state index >= 15 is 0 Å². The van der Waals surface area contributed by atoms with Crippen molar-refractivity contribution in [3.63, 3.8) is 0 Å². The van der Waals surface area contributed by atoms with Crippen LogP contribution in [0.4, 0.5) is 5.69 Å². The molecule has 25 heavy (non-hydrogen) atoms. The molecule has 0 radical (unpaired) electrons. The van der Waals surface area contributed by atoms with Gasteiger partial charge in [-0.05, 0) is 43.2 Å². The maximum Gasteiger partial charge on any atom is 0.274 e. The highest BCUT2D eigenvalue weighted by molar-refractivity contribution is 5.93. The highest BCUT2D eigenvalue weighted by atomic mass is 16.2. The first kappa shape index (κ1) is 15.7. The number of aryl methyl sites for hydroxylation is 2. The van der Waals surface area contributed by atoms with Gasteiger partial charge in [-0.3, -0.25) is 4.79 Å². The molecule has 1 saturated heterocycles. The number of fused-ring (bicyclic) bond motifs is 1. The van der Waals surface area contributed by atoms with Crippen molar-refractivity contribution < 1.29 is 4.79 Å². The number of nitrogens with zero attached hydrogens (tertiary/aromatic N) is 4. The second-order valence-electron chi connectivity index (χ2n) is 6.66. The summed E-state index contributed by atoms with van der Waals surface area (Å²) in [6.07, 6.45) is 3.73. The molecule has 0 N–H and O–H groups in total. The fraction of sp³-hybridized carbons (Fsp3) is 0.300. The average Bonchev–Trinajstić information content (AvgIpc) is 3.07. The first-order valence-electron chi connectivity index (χ1n) is 8.67. The van der Waals surface area contributed by atoms with Crippen molar-refractivity contribution in [2.45, 2.75) is 13.8 Å². The number of anilines is 1. The third-order valence-corrected chi connectivity index (χ3v) is 4.86. The topological polar surface area (TPSA) is 40.9 Å². The quantitative estimate of drug-likeness (QED) is 0.723. The second kappa shape index (κ2) is 6.24. The van der Waals surface area contributed by atoms with Gasteiger partial charge in [-0.15, -0.1) is 0 Å². The number of imidazole rings is 1. The van der Waals surface area contributed by atoms with Crippen molar-refractivity contribution in [2.75, 3.05) is 31.1 Å². The summed E-state index contributed by atoms with van der Waals surface area (Å²) in [6.45, 7) is 7.40. The van der Waals surface area contributed by atoms with Gasteiger partial charge in [0.05, 0.1) is 0 Å². The molecule has 2 aromatic heterocycles. The normalized spacial score (nSPS) is 15.0. The Labute approximate surface area is 147 Å². The Kier molecular flexibility index (Phi) is 3.92. The van der Waals surface area contributed by atoms with Crippen molar-refractivity contribution in [3.05, 3.63) is 65.6 Å². The number of benzene rings is 1. The number of rotatable bonds is 2. The third-order valence-electron chi connectivity index (χ3n) is 4.86. The summed E-state index contributed by atoms with van der Waals surface area (Å²) in [5.41, 5.74) is 5.15. The molecular formula is C20H22N4O. The zero-order chi connectivity index (χ0) is 17.4. The molecule has 3 aromatic rings. The van der Waals surface area contributed by atoms with E-state index in [1.54, 1.807) is 0 Å². The van der Waals surface area contributed by atoms with Crippen molar-refractivity contribution >= 4 is 17.2 Å². The van der Waals surface area contributed by atoms with E-state index < -0.39 is 0 Å². The summed E-state index contributed by atoms with van der Waals surface area (Å²) in [4.78, 5) is 21.5. The van der Waals surface area contributed by atoms with Crippen LogP contribution in [0.15, 0.2) is 48.8 Å². The fourth-order valence-electron chi connectivity index (χ4n) is 3.41. The van der Waals surface area contributed by atoms with Crippen LogP contribution in [0, 0.1) is 13.8 Å². The van der Waals surface area contributed by atoms with Crippen LogP contribution in [-0.4, -0.2) is 46.4 Å². The van der Waals surface area contributed by atoms with Crippen LogP contribution in [0.25, 0.3) is 5.65 Å². The van der Waals surface area contributed by atoms with E-state index in [2.05, 4.69) is 41.9 Å². The number of amides is 1. The lowest BCUT2D eigenvalue weighted by Crippen LogP contribution is -2.49. The standard InChI is InChI=1S/C20H22N4O/c1-15-6-7-16(2)18(13-15)22-9-11-23(12-10-22)20(25)17-14-24-8-4-3-5-19(24)21-17/h3-8,13-14H,9-12H2,1-2H3. The van der Waals surface area contributed by atoms with E-state index in [0.29, 0.717) is 5.69 Å². The predicted molar refractivity (Wildman–Crippen MR) is 99.2 cm³/mol. The molecule has 0 unspecified atom stereocenters. The minimum absolute atomic E-state index is 0.0179. The zero-order valence-electron chi connectivity index (χ0n) is 14.6. The summed E-state index contributed by atoms with van der Waals surface area (Å²) in [7, 11) is 0. The summed E-state index contributed by atoms with van der Waals surface area (Å²) in [5, 5.41) is 0. The van der Waals surface area contributed by atoms with Gasteiger partial charge in [-0.25, -0.2) is 4.98 Å². The number of carbonyl (C=O) groups is 1. The van der Waals surface area contributed by atoms with Crippen LogP contribution in [0.5, 0.6) is 0 Å². The minimum atomic E-state index is 0.0179. The molecule has 0 bridgehead atoms. The van der Waals surface area contributed by atoms with Gasteiger partial charge in [-0.2, -0.15) is 0 Å². The molecule has 1 amide bonds.